The zero-order chi connectivity index (χ0) is 8.43. The van der Waals surface area contributed by atoms with Gasteiger partial charge in [0.25, 0.3) is 0 Å². The van der Waals surface area contributed by atoms with E-state index in [9.17, 15) is 4.79 Å². The van der Waals surface area contributed by atoms with E-state index in [0.29, 0.717) is 10.9 Å². The monoisotopic (exact) mass is 218 g/mol. The van der Waals surface area contributed by atoms with Crippen molar-refractivity contribution in [3.63, 3.8) is 0 Å². The number of hydrogen-bond acceptors (Lipinski definition) is 2. The Kier molecular flexibility index (Phi) is 2.84. The molecule has 62 valence electrons. The normalized spacial score (nSPS) is 24.5. The SMILES string of the molecule is CC(C)OC1C=C(Br)C(=O)C1. The van der Waals surface area contributed by atoms with Gasteiger partial charge in [-0.1, -0.05) is 0 Å². The molecule has 0 amide bonds. The molecular weight excluding hydrogens is 208 g/mol. The Morgan fingerprint density at radius 1 is 1.73 bits per heavy atom. The first-order valence-electron chi connectivity index (χ1n) is 3.65. The van der Waals surface area contributed by atoms with Crippen molar-refractivity contribution in [3.8, 4) is 0 Å². The van der Waals surface area contributed by atoms with Gasteiger partial charge >= 0.3 is 0 Å². The molecule has 0 saturated carbocycles. The second-order valence-corrected chi connectivity index (χ2v) is 3.72. The highest BCUT2D eigenvalue weighted by molar-refractivity contribution is 9.12. The second-order valence-electron chi connectivity index (χ2n) is 2.87. The summed E-state index contributed by atoms with van der Waals surface area (Å²) in [5, 5.41) is 0. The zero-order valence-corrected chi connectivity index (χ0v) is 8.22. The maximum atomic E-state index is 11.0. The Morgan fingerprint density at radius 3 is 2.73 bits per heavy atom. The van der Waals surface area contributed by atoms with Gasteiger partial charge in [0.05, 0.1) is 16.7 Å². The minimum Gasteiger partial charge on any atom is -0.371 e. The molecule has 0 saturated heterocycles. The van der Waals surface area contributed by atoms with Crippen molar-refractivity contribution < 1.29 is 9.53 Å². The molecule has 0 aromatic heterocycles. The van der Waals surface area contributed by atoms with Crippen molar-refractivity contribution in [1.82, 2.24) is 0 Å². The first-order chi connectivity index (χ1) is 5.09. The fraction of sp³-hybridized carbons (Fsp3) is 0.625. The van der Waals surface area contributed by atoms with Crippen LogP contribution in [0.1, 0.15) is 20.3 Å². The average Bonchev–Trinajstić information content (AvgIpc) is 2.10. The van der Waals surface area contributed by atoms with Gasteiger partial charge in [-0.3, -0.25) is 4.79 Å². The lowest BCUT2D eigenvalue weighted by Gasteiger charge is -2.11. The van der Waals surface area contributed by atoms with Crippen molar-refractivity contribution >= 4 is 21.7 Å². The number of allylic oxidation sites excluding steroid dienone is 1. The van der Waals surface area contributed by atoms with E-state index < -0.39 is 0 Å². The number of ether oxygens (including phenoxy) is 1. The Morgan fingerprint density at radius 2 is 2.36 bits per heavy atom. The third-order valence-electron chi connectivity index (χ3n) is 1.43. The maximum Gasteiger partial charge on any atom is 0.172 e. The van der Waals surface area contributed by atoms with Crippen LogP contribution in [0.3, 0.4) is 0 Å². The fourth-order valence-electron chi connectivity index (χ4n) is 1.03. The standard InChI is InChI=1S/C8H11BrO2/c1-5(2)11-6-3-7(9)8(10)4-6/h3,5-6H,4H2,1-2H3. The molecule has 0 aromatic rings. The predicted molar refractivity (Wildman–Crippen MR) is 46.6 cm³/mol. The summed E-state index contributed by atoms with van der Waals surface area (Å²) in [7, 11) is 0. The van der Waals surface area contributed by atoms with Gasteiger partial charge in [-0.25, -0.2) is 0 Å². The van der Waals surface area contributed by atoms with E-state index in [1.165, 1.54) is 0 Å². The molecule has 1 aliphatic rings. The van der Waals surface area contributed by atoms with E-state index in [4.69, 9.17) is 4.74 Å². The Labute approximate surface area is 74.7 Å². The lowest BCUT2D eigenvalue weighted by atomic mass is 10.3. The molecular formula is C8H11BrO2. The lowest BCUT2D eigenvalue weighted by Crippen LogP contribution is -2.14. The second kappa shape index (κ2) is 3.50. The summed E-state index contributed by atoms with van der Waals surface area (Å²) in [6, 6.07) is 0. The van der Waals surface area contributed by atoms with Gasteiger partial charge in [-0.2, -0.15) is 0 Å². The molecule has 0 bridgehead atoms. The third kappa shape index (κ3) is 2.42. The van der Waals surface area contributed by atoms with Gasteiger partial charge in [-0.05, 0) is 35.9 Å². The molecule has 3 heteroatoms. The van der Waals surface area contributed by atoms with E-state index in [2.05, 4.69) is 15.9 Å². The Bertz CT molecular complexity index is 196. The summed E-state index contributed by atoms with van der Waals surface area (Å²) in [6.07, 6.45) is 2.47. The number of hydrogen-bond donors (Lipinski definition) is 0. The molecule has 11 heavy (non-hydrogen) atoms. The van der Waals surface area contributed by atoms with E-state index in [1.54, 1.807) is 0 Å². The molecule has 1 atom stereocenters. The van der Waals surface area contributed by atoms with E-state index in [-0.39, 0.29) is 18.0 Å². The zero-order valence-electron chi connectivity index (χ0n) is 6.63. The highest BCUT2D eigenvalue weighted by Crippen LogP contribution is 2.22. The van der Waals surface area contributed by atoms with E-state index in [1.807, 2.05) is 19.9 Å². The van der Waals surface area contributed by atoms with Crippen LogP contribution in [-0.4, -0.2) is 18.0 Å². The first-order valence-corrected chi connectivity index (χ1v) is 4.45. The highest BCUT2D eigenvalue weighted by atomic mass is 79.9. The molecule has 0 fully saturated rings. The molecule has 1 unspecified atom stereocenters. The van der Waals surface area contributed by atoms with Crippen LogP contribution in [-0.2, 0) is 9.53 Å². The number of carbonyl (C=O) groups is 1. The third-order valence-corrected chi connectivity index (χ3v) is 2.14. The summed E-state index contributed by atoms with van der Waals surface area (Å²) < 4.78 is 6.08. The van der Waals surface area contributed by atoms with Gasteiger partial charge < -0.3 is 4.74 Å². The minimum atomic E-state index is -0.0168. The smallest absolute Gasteiger partial charge is 0.172 e. The molecule has 2 nitrogen and oxygen atoms in total. The molecule has 0 aromatic carbocycles. The van der Waals surface area contributed by atoms with Crippen LogP contribution in [0.25, 0.3) is 0 Å². The molecule has 0 spiro atoms. The topological polar surface area (TPSA) is 26.3 Å². The molecule has 0 radical (unpaired) electrons. The quantitative estimate of drug-likeness (QED) is 0.710. The minimum absolute atomic E-state index is 0.0168. The van der Waals surface area contributed by atoms with Gasteiger partial charge in [0.2, 0.25) is 0 Å². The van der Waals surface area contributed by atoms with E-state index >= 15 is 0 Å². The summed E-state index contributed by atoms with van der Waals surface area (Å²) in [5.41, 5.74) is 0. The summed E-state index contributed by atoms with van der Waals surface area (Å²) in [4.78, 5) is 11.0. The molecule has 1 rings (SSSR count). The number of halogens is 1. The van der Waals surface area contributed by atoms with Crippen LogP contribution < -0.4 is 0 Å². The first kappa shape index (κ1) is 8.94. The van der Waals surface area contributed by atoms with Crippen LogP contribution in [0.15, 0.2) is 10.6 Å². The average molecular weight is 219 g/mol. The van der Waals surface area contributed by atoms with Crippen LogP contribution in [0, 0.1) is 0 Å². The van der Waals surface area contributed by atoms with Crippen LogP contribution in [0.2, 0.25) is 0 Å². The van der Waals surface area contributed by atoms with Crippen molar-refractivity contribution in [1.29, 1.82) is 0 Å². The van der Waals surface area contributed by atoms with Crippen molar-refractivity contribution in [2.75, 3.05) is 0 Å². The Hall–Kier alpha value is -0.150. The van der Waals surface area contributed by atoms with Gasteiger partial charge in [-0.15, -0.1) is 0 Å². The van der Waals surface area contributed by atoms with Crippen molar-refractivity contribution in [3.05, 3.63) is 10.6 Å². The van der Waals surface area contributed by atoms with Gasteiger partial charge in [0.15, 0.2) is 5.78 Å². The largest absolute Gasteiger partial charge is 0.371 e. The van der Waals surface area contributed by atoms with Gasteiger partial charge in [0.1, 0.15) is 0 Å². The van der Waals surface area contributed by atoms with Crippen LogP contribution in [0.5, 0.6) is 0 Å². The molecule has 0 aliphatic heterocycles. The number of ketones is 1. The van der Waals surface area contributed by atoms with Crippen molar-refractivity contribution in [2.45, 2.75) is 32.5 Å². The molecule has 0 heterocycles. The maximum absolute atomic E-state index is 11.0. The Balaban J connectivity index is 2.47. The highest BCUT2D eigenvalue weighted by Gasteiger charge is 2.23. The molecule has 1 aliphatic carbocycles. The number of rotatable bonds is 2. The van der Waals surface area contributed by atoms with Gasteiger partial charge in [0, 0.05) is 6.42 Å². The summed E-state index contributed by atoms with van der Waals surface area (Å²) >= 11 is 3.17. The lowest BCUT2D eigenvalue weighted by molar-refractivity contribution is -0.116. The van der Waals surface area contributed by atoms with Crippen LogP contribution >= 0.6 is 15.9 Å². The summed E-state index contributed by atoms with van der Waals surface area (Å²) in [5.74, 6) is 0.135. The van der Waals surface area contributed by atoms with Crippen molar-refractivity contribution in [2.24, 2.45) is 0 Å². The van der Waals surface area contributed by atoms with Crippen LogP contribution in [0.4, 0.5) is 0 Å². The fourth-order valence-corrected chi connectivity index (χ4v) is 1.49. The number of carbonyl (C=O) groups excluding carboxylic acids is 1. The predicted octanol–water partition coefficient (Wildman–Crippen LogP) is 2.03. The number of Topliss-reactive ketones (excluding diaryl/α,β-unsaturated/α-hetero) is 1. The molecule has 0 N–H and O–H groups in total. The summed E-state index contributed by atoms with van der Waals surface area (Å²) in [6.45, 7) is 3.93. The van der Waals surface area contributed by atoms with E-state index in [0.717, 1.165) is 0 Å².